The first kappa shape index (κ1) is 13.9. The zero-order valence-corrected chi connectivity index (χ0v) is 11.0. The fourth-order valence-electron chi connectivity index (χ4n) is 1.58. The lowest BCUT2D eigenvalue weighted by Crippen LogP contribution is -2.42. The third-order valence-corrected chi connectivity index (χ3v) is 2.65. The average molecular weight is 200 g/mol. The van der Waals surface area contributed by atoms with Crippen LogP contribution in [0.2, 0.25) is 0 Å². The average Bonchev–Trinajstić information content (AvgIpc) is 1.97. The Hall–Kier alpha value is -0.0800. The van der Waals surface area contributed by atoms with Gasteiger partial charge in [0.25, 0.3) is 0 Å². The van der Waals surface area contributed by atoms with Gasteiger partial charge in [0, 0.05) is 19.1 Å². The van der Waals surface area contributed by atoms with Crippen molar-refractivity contribution in [3.63, 3.8) is 0 Å². The Bertz CT molecular complexity index is 150. The van der Waals surface area contributed by atoms with Gasteiger partial charge in [-0.05, 0) is 32.4 Å². The minimum atomic E-state index is 0.354. The Morgan fingerprint density at radius 2 is 1.64 bits per heavy atom. The van der Waals surface area contributed by atoms with Crippen molar-refractivity contribution in [2.75, 3.05) is 27.2 Å². The van der Waals surface area contributed by atoms with Crippen molar-refractivity contribution in [1.29, 1.82) is 0 Å². The molecule has 0 amide bonds. The summed E-state index contributed by atoms with van der Waals surface area (Å²) in [4.78, 5) is 2.25. The Morgan fingerprint density at radius 1 is 1.14 bits per heavy atom. The first-order chi connectivity index (χ1) is 6.24. The molecular weight excluding hydrogens is 172 g/mol. The van der Waals surface area contributed by atoms with Gasteiger partial charge in [-0.3, -0.25) is 0 Å². The van der Waals surface area contributed by atoms with E-state index in [4.69, 9.17) is 0 Å². The molecule has 1 unspecified atom stereocenters. The van der Waals surface area contributed by atoms with E-state index >= 15 is 0 Å². The normalized spacial score (nSPS) is 15.2. The number of hydrogen-bond donors (Lipinski definition) is 1. The first-order valence-corrected chi connectivity index (χ1v) is 5.63. The van der Waals surface area contributed by atoms with E-state index in [2.05, 4.69) is 58.9 Å². The van der Waals surface area contributed by atoms with Crippen LogP contribution in [0, 0.1) is 11.3 Å². The van der Waals surface area contributed by atoms with Gasteiger partial charge in [0.2, 0.25) is 0 Å². The summed E-state index contributed by atoms with van der Waals surface area (Å²) in [5.41, 5.74) is 0.354. The molecule has 0 saturated heterocycles. The summed E-state index contributed by atoms with van der Waals surface area (Å²) < 4.78 is 0. The molecule has 0 aliphatic heterocycles. The molecule has 1 atom stereocenters. The summed E-state index contributed by atoms with van der Waals surface area (Å²) in [5, 5.41) is 3.60. The Balaban J connectivity index is 3.86. The zero-order chi connectivity index (χ0) is 11.4. The predicted octanol–water partition coefficient (Wildman–Crippen LogP) is 2.21. The second-order valence-electron chi connectivity index (χ2n) is 5.82. The molecule has 0 aliphatic carbocycles. The fraction of sp³-hybridized carbons (Fsp3) is 1.00. The van der Waals surface area contributed by atoms with Gasteiger partial charge in [-0.15, -0.1) is 0 Å². The molecule has 0 aromatic rings. The zero-order valence-electron chi connectivity index (χ0n) is 11.0. The van der Waals surface area contributed by atoms with Crippen LogP contribution in [0.5, 0.6) is 0 Å². The van der Waals surface area contributed by atoms with Crippen LogP contribution in [0.15, 0.2) is 0 Å². The van der Waals surface area contributed by atoms with Crippen LogP contribution < -0.4 is 5.32 Å². The summed E-state index contributed by atoms with van der Waals surface area (Å²) in [6.45, 7) is 13.6. The minimum Gasteiger partial charge on any atom is -0.313 e. The molecule has 0 aromatic carbocycles. The van der Waals surface area contributed by atoms with Crippen molar-refractivity contribution in [3.8, 4) is 0 Å². The highest BCUT2D eigenvalue weighted by atomic mass is 15.1. The number of nitrogens with one attached hydrogen (secondary N) is 1. The summed E-state index contributed by atoms with van der Waals surface area (Å²) >= 11 is 0. The molecule has 1 N–H and O–H groups in total. The van der Waals surface area contributed by atoms with Crippen molar-refractivity contribution in [2.45, 2.75) is 40.7 Å². The summed E-state index contributed by atoms with van der Waals surface area (Å²) in [6.07, 6.45) is 0. The van der Waals surface area contributed by atoms with Gasteiger partial charge >= 0.3 is 0 Å². The molecule has 0 saturated carbocycles. The standard InChI is InChI=1S/C12H28N2/c1-10(2)11(3)13-8-12(4,5)9-14(6)7/h10-11,13H,8-9H2,1-7H3. The lowest BCUT2D eigenvalue weighted by atomic mass is 9.92. The van der Waals surface area contributed by atoms with Gasteiger partial charge in [0.05, 0.1) is 0 Å². The fourth-order valence-corrected chi connectivity index (χ4v) is 1.58. The Labute approximate surface area is 90.1 Å². The second kappa shape index (κ2) is 5.72. The highest BCUT2D eigenvalue weighted by molar-refractivity contribution is 4.76. The predicted molar refractivity (Wildman–Crippen MR) is 64.6 cm³/mol. The van der Waals surface area contributed by atoms with E-state index in [1.165, 1.54) is 0 Å². The van der Waals surface area contributed by atoms with Crippen LogP contribution in [0.4, 0.5) is 0 Å². The van der Waals surface area contributed by atoms with Gasteiger partial charge in [-0.2, -0.15) is 0 Å². The molecule has 0 rings (SSSR count). The van der Waals surface area contributed by atoms with E-state index in [1.807, 2.05) is 0 Å². The summed E-state index contributed by atoms with van der Waals surface area (Å²) in [6, 6.07) is 0.608. The highest BCUT2D eigenvalue weighted by Gasteiger charge is 2.19. The monoisotopic (exact) mass is 200 g/mol. The second-order valence-corrected chi connectivity index (χ2v) is 5.82. The number of hydrogen-bond acceptors (Lipinski definition) is 2. The molecule has 0 aliphatic rings. The number of rotatable bonds is 6. The van der Waals surface area contributed by atoms with Gasteiger partial charge in [0.15, 0.2) is 0 Å². The summed E-state index contributed by atoms with van der Waals surface area (Å²) in [7, 11) is 4.27. The van der Waals surface area contributed by atoms with Crippen LogP contribution in [-0.2, 0) is 0 Å². The highest BCUT2D eigenvalue weighted by Crippen LogP contribution is 2.15. The largest absolute Gasteiger partial charge is 0.313 e. The third-order valence-electron chi connectivity index (χ3n) is 2.65. The van der Waals surface area contributed by atoms with E-state index in [1.54, 1.807) is 0 Å². The van der Waals surface area contributed by atoms with Crippen molar-refractivity contribution in [1.82, 2.24) is 10.2 Å². The molecule has 0 aromatic heterocycles. The Kier molecular flexibility index (Phi) is 5.68. The molecule has 0 radical (unpaired) electrons. The molecule has 0 fully saturated rings. The lowest BCUT2D eigenvalue weighted by molar-refractivity contribution is 0.220. The third kappa shape index (κ3) is 6.39. The molecule has 14 heavy (non-hydrogen) atoms. The molecule has 2 heteroatoms. The van der Waals surface area contributed by atoms with Gasteiger partial charge in [-0.1, -0.05) is 27.7 Å². The van der Waals surface area contributed by atoms with Gasteiger partial charge in [-0.25, -0.2) is 0 Å². The van der Waals surface area contributed by atoms with Crippen LogP contribution in [0.25, 0.3) is 0 Å². The molecule has 86 valence electrons. The maximum Gasteiger partial charge on any atom is 0.00619 e. The van der Waals surface area contributed by atoms with Crippen molar-refractivity contribution < 1.29 is 0 Å². The Morgan fingerprint density at radius 3 is 2.00 bits per heavy atom. The van der Waals surface area contributed by atoms with E-state index < -0.39 is 0 Å². The van der Waals surface area contributed by atoms with Crippen LogP contribution in [-0.4, -0.2) is 38.1 Å². The van der Waals surface area contributed by atoms with Crippen LogP contribution in [0.3, 0.4) is 0 Å². The number of nitrogens with zero attached hydrogens (tertiary/aromatic N) is 1. The van der Waals surface area contributed by atoms with E-state index in [0.29, 0.717) is 17.4 Å². The lowest BCUT2D eigenvalue weighted by Gasteiger charge is -2.31. The molecular formula is C12H28N2. The SMILES string of the molecule is CC(C)C(C)NCC(C)(C)CN(C)C. The van der Waals surface area contributed by atoms with Gasteiger partial charge in [0.1, 0.15) is 0 Å². The molecule has 0 heterocycles. The van der Waals surface area contributed by atoms with Crippen LogP contribution >= 0.6 is 0 Å². The van der Waals surface area contributed by atoms with E-state index in [-0.39, 0.29) is 0 Å². The topological polar surface area (TPSA) is 15.3 Å². The summed E-state index contributed by atoms with van der Waals surface area (Å²) in [5.74, 6) is 0.713. The minimum absolute atomic E-state index is 0.354. The van der Waals surface area contributed by atoms with Gasteiger partial charge < -0.3 is 10.2 Å². The molecule has 2 nitrogen and oxygen atoms in total. The molecule has 0 spiro atoms. The smallest absolute Gasteiger partial charge is 0.00619 e. The van der Waals surface area contributed by atoms with Crippen molar-refractivity contribution in [2.24, 2.45) is 11.3 Å². The first-order valence-electron chi connectivity index (χ1n) is 5.63. The van der Waals surface area contributed by atoms with E-state index in [9.17, 15) is 0 Å². The van der Waals surface area contributed by atoms with Crippen LogP contribution in [0.1, 0.15) is 34.6 Å². The van der Waals surface area contributed by atoms with Crippen molar-refractivity contribution >= 4 is 0 Å². The van der Waals surface area contributed by atoms with Crippen molar-refractivity contribution in [3.05, 3.63) is 0 Å². The van der Waals surface area contributed by atoms with E-state index in [0.717, 1.165) is 13.1 Å². The maximum atomic E-state index is 3.60. The quantitative estimate of drug-likeness (QED) is 0.707. The maximum absolute atomic E-state index is 3.60. The molecule has 0 bridgehead atoms.